The molecule has 34 heavy (non-hydrogen) atoms. The minimum absolute atomic E-state index is 0.0515. The molecule has 14 nitrogen and oxygen atoms in total. The van der Waals surface area contributed by atoms with E-state index in [1.165, 1.54) is 11.0 Å². The largest absolute Gasteiger partial charge is 0.493 e. The first-order valence-electron chi connectivity index (χ1n) is 10.5. The second kappa shape index (κ2) is 10.1. The number of nitrogens with two attached hydrogens (primary N) is 2. The number of nitrogens with zero attached hydrogens (tertiary/aromatic N) is 2. The average Bonchev–Trinajstić information content (AvgIpc) is 3.26. The Hall–Kier alpha value is -4.23. The van der Waals surface area contributed by atoms with E-state index in [9.17, 15) is 34.1 Å². The second-order valence-electron chi connectivity index (χ2n) is 7.92. The Morgan fingerprint density at radius 1 is 1.18 bits per heavy atom. The van der Waals surface area contributed by atoms with Crippen LogP contribution in [0.5, 0.6) is 5.75 Å². The molecule has 14 heteroatoms. The Balaban J connectivity index is 2.04. The number of non-ortho nitro benzene ring substituents is 1. The Morgan fingerprint density at radius 2 is 1.91 bits per heavy atom. The van der Waals surface area contributed by atoms with Crippen molar-refractivity contribution < 1.29 is 33.6 Å². The molecule has 1 aromatic carbocycles. The van der Waals surface area contributed by atoms with Crippen molar-refractivity contribution in [2.75, 3.05) is 13.2 Å². The molecule has 1 aromatic rings. The number of ether oxygens (including phenoxy) is 1. The van der Waals surface area contributed by atoms with Crippen molar-refractivity contribution in [2.24, 2.45) is 11.5 Å². The van der Waals surface area contributed by atoms with Crippen molar-refractivity contribution in [1.82, 2.24) is 15.5 Å². The van der Waals surface area contributed by atoms with Gasteiger partial charge in [0.05, 0.1) is 23.5 Å². The molecule has 1 saturated heterocycles. The first kappa shape index (κ1) is 24.4. The summed E-state index contributed by atoms with van der Waals surface area (Å²) in [6.07, 6.45) is 0.154. The van der Waals surface area contributed by atoms with Crippen LogP contribution in [0.3, 0.4) is 0 Å². The van der Waals surface area contributed by atoms with Gasteiger partial charge in [-0.05, 0) is 18.9 Å². The minimum atomic E-state index is -1.43. The number of rotatable bonds is 4. The van der Waals surface area contributed by atoms with Gasteiger partial charge in [0.25, 0.3) is 11.6 Å². The molecule has 2 heterocycles. The summed E-state index contributed by atoms with van der Waals surface area (Å²) in [6, 6.07) is -0.223. The van der Waals surface area contributed by atoms with Gasteiger partial charge in [0.15, 0.2) is 0 Å². The monoisotopic (exact) mass is 476 g/mol. The maximum Gasteiger partial charge on any atom is 0.270 e. The Bertz CT molecular complexity index is 1040. The van der Waals surface area contributed by atoms with Crippen LogP contribution >= 0.6 is 0 Å². The lowest BCUT2D eigenvalue weighted by Crippen LogP contribution is -2.56. The van der Waals surface area contributed by atoms with Crippen LogP contribution in [0.25, 0.3) is 0 Å². The van der Waals surface area contributed by atoms with Crippen molar-refractivity contribution in [3.05, 3.63) is 33.9 Å². The molecule has 2 aliphatic rings. The summed E-state index contributed by atoms with van der Waals surface area (Å²) >= 11 is 0. The lowest BCUT2D eigenvalue weighted by molar-refractivity contribution is -0.384. The zero-order chi connectivity index (χ0) is 25.0. The number of benzene rings is 1. The van der Waals surface area contributed by atoms with E-state index in [0.717, 1.165) is 12.1 Å². The number of nitrogens with one attached hydrogen (secondary N) is 2. The fourth-order valence-electron chi connectivity index (χ4n) is 3.92. The molecule has 3 atom stereocenters. The maximum absolute atomic E-state index is 13.2. The second-order valence-corrected chi connectivity index (χ2v) is 7.92. The number of primary amides is 2. The topological polar surface area (TPSA) is 217 Å². The van der Waals surface area contributed by atoms with Crippen molar-refractivity contribution in [3.8, 4) is 5.75 Å². The van der Waals surface area contributed by atoms with Crippen LogP contribution in [0, 0.1) is 10.1 Å². The van der Waals surface area contributed by atoms with Gasteiger partial charge in [0.2, 0.25) is 23.6 Å². The first-order valence-corrected chi connectivity index (χ1v) is 10.5. The highest BCUT2D eigenvalue weighted by Gasteiger charge is 2.39. The number of amides is 5. The van der Waals surface area contributed by atoms with Crippen molar-refractivity contribution in [1.29, 1.82) is 0 Å². The molecule has 0 aromatic heterocycles. The highest BCUT2D eigenvalue weighted by Crippen LogP contribution is 2.26. The summed E-state index contributed by atoms with van der Waals surface area (Å²) in [5.74, 6) is -4.03. The number of carbonyl (C=O) groups excluding carboxylic acids is 5. The first-order chi connectivity index (χ1) is 16.1. The lowest BCUT2D eigenvalue weighted by atomic mass is 10.1. The number of hydrogen-bond donors (Lipinski definition) is 4. The number of fused-ring (bicyclic) bond motifs is 2. The maximum atomic E-state index is 13.2. The lowest BCUT2D eigenvalue weighted by Gasteiger charge is -2.29. The van der Waals surface area contributed by atoms with Gasteiger partial charge in [-0.1, -0.05) is 0 Å². The standard InChI is InChI=1S/C20H24N6O8/c21-16(27)9-13-20(31)25-6-1-2-14(25)19(30)23-12(17(22)28)5-7-34-15-4-3-10(26(32)33)8-11(15)18(29)24-13/h3-4,8,12-14H,1-2,5-7,9H2,(H2,21,27)(H2,22,28)(H,23,30)(H,24,29)/t12-,13-,14?/m0/s1. The molecule has 1 fully saturated rings. The third-order valence-corrected chi connectivity index (χ3v) is 5.59. The normalized spacial score (nSPS) is 23.5. The van der Waals surface area contributed by atoms with Crippen molar-refractivity contribution >= 4 is 35.2 Å². The average molecular weight is 476 g/mol. The summed E-state index contributed by atoms with van der Waals surface area (Å²) in [6.45, 7) is 0.0124. The molecule has 6 N–H and O–H groups in total. The van der Waals surface area contributed by atoms with Crippen molar-refractivity contribution in [2.45, 2.75) is 43.8 Å². The van der Waals surface area contributed by atoms with Gasteiger partial charge in [0, 0.05) is 25.1 Å². The molecule has 2 aliphatic heterocycles. The SMILES string of the molecule is NC(=O)C[C@@H]1NC(=O)c2cc([N+](=O)[O-])ccc2OCC[C@@H](C(N)=O)NC(=O)C2CCCN2C1=O. The van der Waals surface area contributed by atoms with Crippen LogP contribution in [0.4, 0.5) is 5.69 Å². The van der Waals surface area contributed by atoms with Crippen LogP contribution < -0.4 is 26.8 Å². The van der Waals surface area contributed by atoms with Crippen LogP contribution in [-0.2, 0) is 19.2 Å². The van der Waals surface area contributed by atoms with Gasteiger partial charge in [-0.25, -0.2) is 0 Å². The molecule has 0 saturated carbocycles. The molecule has 0 radical (unpaired) electrons. The number of nitro groups is 1. The van der Waals surface area contributed by atoms with Crippen LogP contribution in [0.15, 0.2) is 18.2 Å². The zero-order valence-electron chi connectivity index (χ0n) is 18.0. The third-order valence-electron chi connectivity index (χ3n) is 5.59. The van der Waals surface area contributed by atoms with Gasteiger partial charge >= 0.3 is 0 Å². The zero-order valence-corrected chi connectivity index (χ0v) is 18.0. The Kier molecular flexibility index (Phi) is 7.28. The van der Waals surface area contributed by atoms with E-state index in [1.54, 1.807) is 0 Å². The third kappa shape index (κ3) is 5.39. The number of hydrogen-bond acceptors (Lipinski definition) is 8. The minimum Gasteiger partial charge on any atom is -0.493 e. The fourth-order valence-corrected chi connectivity index (χ4v) is 3.92. The van der Waals surface area contributed by atoms with Gasteiger partial charge in [-0.15, -0.1) is 0 Å². The molecule has 0 bridgehead atoms. The highest BCUT2D eigenvalue weighted by molar-refractivity contribution is 6.02. The number of nitro benzene ring substituents is 1. The van der Waals surface area contributed by atoms with E-state index in [2.05, 4.69) is 10.6 Å². The van der Waals surface area contributed by atoms with E-state index in [0.29, 0.717) is 12.8 Å². The predicted molar refractivity (Wildman–Crippen MR) is 114 cm³/mol. The van der Waals surface area contributed by atoms with E-state index in [4.69, 9.17) is 16.2 Å². The van der Waals surface area contributed by atoms with E-state index < -0.39 is 64.7 Å². The summed E-state index contributed by atoms with van der Waals surface area (Å²) in [4.78, 5) is 74.3. The Labute approximate surface area is 193 Å². The molecule has 182 valence electrons. The van der Waals surface area contributed by atoms with E-state index in [1.807, 2.05) is 0 Å². The molecular formula is C20H24N6O8. The molecule has 5 amide bonds. The predicted octanol–water partition coefficient (Wildman–Crippen LogP) is -1.69. The van der Waals surface area contributed by atoms with Gasteiger partial charge in [-0.2, -0.15) is 0 Å². The fraction of sp³-hybridized carbons (Fsp3) is 0.450. The van der Waals surface area contributed by atoms with Crippen LogP contribution in [0.1, 0.15) is 36.0 Å². The summed E-state index contributed by atoms with van der Waals surface area (Å²) in [5, 5.41) is 16.1. The molecule has 0 spiro atoms. The van der Waals surface area contributed by atoms with Crippen molar-refractivity contribution in [3.63, 3.8) is 0 Å². The smallest absolute Gasteiger partial charge is 0.270 e. The van der Waals surface area contributed by atoms with Gasteiger partial charge in [-0.3, -0.25) is 34.1 Å². The summed E-state index contributed by atoms with van der Waals surface area (Å²) < 4.78 is 5.55. The molecule has 3 rings (SSSR count). The molecular weight excluding hydrogens is 452 g/mol. The Morgan fingerprint density at radius 3 is 2.56 bits per heavy atom. The molecule has 1 unspecified atom stereocenters. The van der Waals surface area contributed by atoms with Gasteiger partial charge in [0.1, 0.15) is 23.9 Å². The van der Waals surface area contributed by atoms with Gasteiger partial charge < -0.3 is 31.7 Å². The van der Waals surface area contributed by atoms with Crippen LogP contribution in [-0.4, -0.2) is 70.6 Å². The van der Waals surface area contributed by atoms with E-state index >= 15 is 0 Å². The highest BCUT2D eigenvalue weighted by atomic mass is 16.6. The molecule has 0 aliphatic carbocycles. The quantitative estimate of drug-likeness (QED) is 0.290. The number of carbonyl (C=O) groups is 5. The summed E-state index contributed by atoms with van der Waals surface area (Å²) in [7, 11) is 0. The summed E-state index contributed by atoms with van der Waals surface area (Å²) in [5.41, 5.74) is 10.00. The van der Waals surface area contributed by atoms with Crippen LogP contribution in [0.2, 0.25) is 0 Å². The van der Waals surface area contributed by atoms with E-state index in [-0.39, 0.29) is 30.9 Å².